The summed E-state index contributed by atoms with van der Waals surface area (Å²) >= 11 is 0. The fourth-order valence-electron chi connectivity index (χ4n) is 3.51. The smallest absolute Gasteiger partial charge is 0.247 e. The molecule has 0 N–H and O–H groups in total. The highest BCUT2D eigenvalue weighted by molar-refractivity contribution is 5.92. The Morgan fingerprint density at radius 1 is 1.36 bits per heavy atom. The topological polar surface area (TPSA) is 47.4 Å². The van der Waals surface area contributed by atoms with Gasteiger partial charge >= 0.3 is 0 Å². The first-order valence-electron chi connectivity index (χ1n) is 8.64. The molecule has 1 aliphatic rings. The monoisotopic (exact) mass is 339 g/mol. The predicted molar refractivity (Wildman–Crippen MR) is 98.4 cm³/mol. The number of likely N-dealkylation sites (tertiary alicyclic amines) is 1. The number of methoxy groups -OCH3 is 1. The van der Waals surface area contributed by atoms with Gasteiger partial charge in [0.2, 0.25) is 5.91 Å². The van der Waals surface area contributed by atoms with E-state index in [-0.39, 0.29) is 11.9 Å². The van der Waals surface area contributed by atoms with Crippen LogP contribution in [-0.2, 0) is 11.8 Å². The van der Waals surface area contributed by atoms with Crippen molar-refractivity contribution in [1.82, 2.24) is 14.7 Å². The van der Waals surface area contributed by atoms with Crippen molar-refractivity contribution in [3.05, 3.63) is 52.9 Å². The van der Waals surface area contributed by atoms with Crippen LogP contribution in [0.15, 0.2) is 30.3 Å². The third-order valence-electron chi connectivity index (χ3n) is 4.97. The Hall–Kier alpha value is -2.56. The fraction of sp³-hybridized carbons (Fsp3) is 0.400. The average molecular weight is 339 g/mol. The predicted octanol–water partition coefficient (Wildman–Crippen LogP) is 3.42. The lowest BCUT2D eigenvalue weighted by Gasteiger charge is -2.24. The second-order valence-electron chi connectivity index (χ2n) is 6.51. The molecule has 0 saturated carbocycles. The molecule has 132 valence electrons. The van der Waals surface area contributed by atoms with Crippen molar-refractivity contribution in [3.8, 4) is 5.75 Å². The zero-order valence-electron chi connectivity index (χ0n) is 15.3. The number of amides is 1. The molecule has 25 heavy (non-hydrogen) atoms. The molecule has 1 aliphatic heterocycles. The van der Waals surface area contributed by atoms with Crippen LogP contribution in [0, 0.1) is 13.8 Å². The van der Waals surface area contributed by atoms with Crippen molar-refractivity contribution in [1.29, 1.82) is 0 Å². The van der Waals surface area contributed by atoms with Crippen LogP contribution in [0.25, 0.3) is 6.08 Å². The number of benzene rings is 1. The van der Waals surface area contributed by atoms with Crippen molar-refractivity contribution in [2.75, 3.05) is 13.7 Å². The van der Waals surface area contributed by atoms with Crippen molar-refractivity contribution >= 4 is 12.0 Å². The maximum absolute atomic E-state index is 12.8. The summed E-state index contributed by atoms with van der Waals surface area (Å²) in [5.74, 6) is 0.877. The van der Waals surface area contributed by atoms with E-state index in [2.05, 4.69) is 11.2 Å². The van der Waals surface area contributed by atoms with Crippen molar-refractivity contribution in [2.45, 2.75) is 32.7 Å². The van der Waals surface area contributed by atoms with E-state index in [1.807, 2.05) is 54.8 Å². The molecule has 0 radical (unpaired) electrons. The molecule has 3 rings (SSSR count). The molecule has 1 atom stereocenters. The first-order valence-corrected chi connectivity index (χ1v) is 8.64. The second-order valence-corrected chi connectivity index (χ2v) is 6.51. The lowest BCUT2D eigenvalue weighted by atomic mass is 10.0. The molecule has 0 spiro atoms. The molecule has 1 fully saturated rings. The van der Waals surface area contributed by atoms with Gasteiger partial charge in [-0.2, -0.15) is 5.10 Å². The standard InChI is InChI=1S/C20H25N3O2/c1-14-18(15(2)22(3)21-14)10-11-20(24)23-12-6-9-19(23)16-7-5-8-17(13-16)25-4/h5,7-8,10-11,13,19H,6,9,12H2,1-4H3/b11-10+. The van der Waals surface area contributed by atoms with Crippen LogP contribution in [0.3, 0.4) is 0 Å². The molecule has 0 aliphatic carbocycles. The van der Waals surface area contributed by atoms with Crippen LogP contribution in [0.5, 0.6) is 5.75 Å². The molecule has 5 heteroatoms. The van der Waals surface area contributed by atoms with Crippen LogP contribution in [0.1, 0.15) is 41.4 Å². The molecule has 1 unspecified atom stereocenters. The maximum atomic E-state index is 12.8. The van der Waals surface area contributed by atoms with Gasteiger partial charge in [-0.15, -0.1) is 0 Å². The number of hydrogen-bond donors (Lipinski definition) is 0. The SMILES string of the molecule is COc1cccc(C2CCCN2C(=O)/C=C/c2c(C)nn(C)c2C)c1. The third kappa shape index (κ3) is 3.45. The Bertz CT molecular complexity index is 807. The summed E-state index contributed by atoms with van der Waals surface area (Å²) in [5.41, 5.74) is 4.16. The van der Waals surface area contributed by atoms with Crippen molar-refractivity contribution in [3.63, 3.8) is 0 Å². The van der Waals surface area contributed by atoms with E-state index in [0.717, 1.165) is 47.7 Å². The van der Waals surface area contributed by atoms with E-state index in [4.69, 9.17) is 4.74 Å². The summed E-state index contributed by atoms with van der Waals surface area (Å²) in [6.07, 6.45) is 5.57. The summed E-state index contributed by atoms with van der Waals surface area (Å²) in [7, 11) is 3.58. The molecule has 1 aromatic carbocycles. The number of aryl methyl sites for hydroxylation is 2. The summed E-state index contributed by atoms with van der Waals surface area (Å²) in [4.78, 5) is 14.7. The first-order chi connectivity index (χ1) is 12.0. The largest absolute Gasteiger partial charge is 0.497 e. The van der Waals surface area contributed by atoms with Gasteiger partial charge in [-0.1, -0.05) is 12.1 Å². The van der Waals surface area contributed by atoms with Gasteiger partial charge in [0.25, 0.3) is 0 Å². The molecule has 1 aromatic heterocycles. The molecule has 1 saturated heterocycles. The van der Waals surface area contributed by atoms with E-state index in [1.54, 1.807) is 13.2 Å². The average Bonchev–Trinajstić information content (AvgIpc) is 3.19. The Morgan fingerprint density at radius 2 is 2.16 bits per heavy atom. The molecule has 5 nitrogen and oxygen atoms in total. The summed E-state index contributed by atoms with van der Waals surface area (Å²) < 4.78 is 7.16. The Labute approximate surface area is 148 Å². The van der Waals surface area contributed by atoms with Crippen LogP contribution >= 0.6 is 0 Å². The number of rotatable bonds is 4. The maximum Gasteiger partial charge on any atom is 0.247 e. The first kappa shape index (κ1) is 17.3. The zero-order chi connectivity index (χ0) is 18.0. The molecule has 2 aromatic rings. The quantitative estimate of drug-likeness (QED) is 0.802. The Morgan fingerprint density at radius 3 is 2.84 bits per heavy atom. The third-order valence-corrected chi connectivity index (χ3v) is 4.97. The summed E-state index contributed by atoms with van der Waals surface area (Å²) in [6, 6.07) is 8.11. The molecule has 2 heterocycles. The van der Waals surface area contributed by atoms with E-state index < -0.39 is 0 Å². The van der Waals surface area contributed by atoms with Gasteiger partial charge in [-0.05, 0) is 50.5 Å². The van der Waals surface area contributed by atoms with Crippen LogP contribution in [-0.4, -0.2) is 34.2 Å². The highest BCUT2D eigenvalue weighted by atomic mass is 16.5. The van der Waals surface area contributed by atoms with E-state index in [0.29, 0.717) is 0 Å². The molecule has 1 amide bonds. The minimum atomic E-state index is 0.0490. The van der Waals surface area contributed by atoms with Crippen LogP contribution < -0.4 is 4.74 Å². The Kier molecular flexibility index (Phi) is 4.93. The number of carbonyl (C=O) groups excluding carboxylic acids is 1. The summed E-state index contributed by atoms with van der Waals surface area (Å²) in [5, 5.41) is 4.39. The van der Waals surface area contributed by atoms with Gasteiger partial charge in [-0.3, -0.25) is 9.48 Å². The number of aromatic nitrogens is 2. The number of hydrogen-bond acceptors (Lipinski definition) is 3. The fourth-order valence-corrected chi connectivity index (χ4v) is 3.51. The van der Waals surface area contributed by atoms with Crippen molar-refractivity contribution < 1.29 is 9.53 Å². The minimum absolute atomic E-state index is 0.0490. The van der Waals surface area contributed by atoms with E-state index >= 15 is 0 Å². The van der Waals surface area contributed by atoms with Gasteiger partial charge in [-0.25, -0.2) is 0 Å². The van der Waals surface area contributed by atoms with Crippen LogP contribution in [0.2, 0.25) is 0 Å². The molecular weight excluding hydrogens is 314 g/mol. The van der Waals surface area contributed by atoms with Gasteiger partial charge in [0.05, 0.1) is 18.8 Å². The number of carbonyl (C=O) groups is 1. The van der Waals surface area contributed by atoms with Crippen LogP contribution in [0.4, 0.5) is 0 Å². The zero-order valence-corrected chi connectivity index (χ0v) is 15.3. The highest BCUT2D eigenvalue weighted by Gasteiger charge is 2.29. The highest BCUT2D eigenvalue weighted by Crippen LogP contribution is 2.33. The minimum Gasteiger partial charge on any atom is -0.497 e. The van der Waals surface area contributed by atoms with E-state index in [1.165, 1.54) is 0 Å². The molecule has 0 bridgehead atoms. The number of ether oxygens (including phenoxy) is 1. The van der Waals surface area contributed by atoms with Gasteiger partial charge < -0.3 is 9.64 Å². The lowest BCUT2D eigenvalue weighted by Crippen LogP contribution is -2.28. The number of nitrogens with zero attached hydrogens (tertiary/aromatic N) is 3. The van der Waals surface area contributed by atoms with Gasteiger partial charge in [0, 0.05) is 30.9 Å². The molecular formula is C20H25N3O2. The van der Waals surface area contributed by atoms with Crippen molar-refractivity contribution in [2.24, 2.45) is 7.05 Å². The second kappa shape index (κ2) is 7.13. The lowest BCUT2D eigenvalue weighted by molar-refractivity contribution is -0.126. The Balaban J connectivity index is 1.80. The van der Waals surface area contributed by atoms with E-state index in [9.17, 15) is 4.79 Å². The normalized spacial score (nSPS) is 17.4. The van der Waals surface area contributed by atoms with Gasteiger partial charge in [0.15, 0.2) is 0 Å². The summed E-state index contributed by atoms with van der Waals surface area (Å²) in [6.45, 7) is 4.77. The van der Waals surface area contributed by atoms with Gasteiger partial charge in [0.1, 0.15) is 5.75 Å².